The van der Waals surface area contributed by atoms with Crippen LogP contribution in [0.4, 0.5) is 10.1 Å². The van der Waals surface area contributed by atoms with E-state index in [1.165, 1.54) is 9.53 Å². The van der Waals surface area contributed by atoms with E-state index in [1.807, 2.05) is 6.07 Å². The molecule has 1 aromatic rings. The largest absolute Gasteiger partial charge is 0.325 e. The van der Waals surface area contributed by atoms with Gasteiger partial charge in [0.25, 0.3) is 0 Å². The highest BCUT2D eigenvalue weighted by molar-refractivity contribution is 8.04. The Morgan fingerprint density at radius 1 is 1.25 bits per heavy atom. The number of benzene rings is 1. The van der Waals surface area contributed by atoms with Gasteiger partial charge in [0.05, 0.1) is 17.6 Å². The number of hydrogen-bond donors (Lipinski definition) is 0. The van der Waals surface area contributed by atoms with Crippen molar-refractivity contribution in [2.75, 3.05) is 18.6 Å². The van der Waals surface area contributed by atoms with Gasteiger partial charge in [0.1, 0.15) is 0 Å². The van der Waals surface area contributed by atoms with Crippen LogP contribution in [0.1, 0.15) is 0 Å². The second kappa shape index (κ2) is 5.93. The summed E-state index contributed by atoms with van der Waals surface area (Å²) in [5.74, 6) is 0. The molecule has 0 fully saturated rings. The predicted molar refractivity (Wildman–Crippen MR) is 66.8 cm³/mol. The molecule has 1 rings (SSSR count). The predicted octanol–water partition coefficient (Wildman–Crippen LogP) is 3.61. The van der Waals surface area contributed by atoms with Crippen LogP contribution in [-0.4, -0.2) is 23.1 Å². The normalized spacial score (nSPS) is 11.9. The third-order valence-electron chi connectivity index (χ3n) is 1.39. The molecule has 0 aliphatic heterocycles. The van der Waals surface area contributed by atoms with Gasteiger partial charge in [-0.05, 0) is 12.1 Å². The van der Waals surface area contributed by atoms with E-state index in [0.717, 1.165) is 0 Å². The van der Waals surface area contributed by atoms with E-state index in [2.05, 4.69) is 0 Å². The number of hydroxylamine groups is 2. The molecule has 3 nitrogen and oxygen atoms in total. The molecular weight excluding hydrogens is 274 g/mol. The van der Waals surface area contributed by atoms with E-state index in [1.54, 1.807) is 38.4 Å². The highest BCUT2D eigenvalue weighted by Gasteiger charge is 2.29. The molecule has 0 aliphatic rings. The monoisotopic (exact) mass is 284 g/mol. The molecule has 0 atom stereocenters. The van der Waals surface area contributed by atoms with E-state index in [9.17, 15) is 4.39 Å². The van der Waals surface area contributed by atoms with Crippen molar-refractivity contribution in [3.8, 4) is 0 Å². The van der Waals surface area contributed by atoms with Crippen molar-refractivity contribution in [3.63, 3.8) is 0 Å². The van der Waals surface area contributed by atoms with Gasteiger partial charge < -0.3 is 0 Å². The summed E-state index contributed by atoms with van der Waals surface area (Å²) < 4.78 is 11.9. The number of alkyl halides is 3. The van der Waals surface area contributed by atoms with Crippen LogP contribution in [0.25, 0.3) is 0 Å². The van der Waals surface area contributed by atoms with Gasteiger partial charge in [0.2, 0.25) is 0 Å². The molecule has 0 aliphatic carbocycles. The summed E-state index contributed by atoms with van der Waals surface area (Å²) in [5.41, 5.74) is 0.629. The van der Waals surface area contributed by atoms with Crippen LogP contribution in [0.5, 0.6) is 0 Å². The lowest BCUT2D eigenvalue weighted by Crippen LogP contribution is -2.27. The van der Waals surface area contributed by atoms with Gasteiger partial charge in [-0.1, -0.05) is 41.4 Å². The van der Waals surface area contributed by atoms with Gasteiger partial charge in [-0.2, -0.15) is 18.9 Å². The lowest BCUT2D eigenvalue weighted by atomic mass is 10.3. The Bertz CT molecular complexity index is 321. The first kappa shape index (κ1) is 13.9. The van der Waals surface area contributed by atoms with Crippen molar-refractivity contribution in [2.24, 2.45) is 0 Å². The van der Waals surface area contributed by atoms with Crippen molar-refractivity contribution in [3.05, 3.63) is 30.3 Å². The smallest absolute Gasteiger partial charge is 0.193 e. The van der Waals surface area contributed by atoms with Crippen molar-refractivity contribution < 1.29 is 9.33 Å². The molecule has 0 saturated heterocycles. The molecule has 0 saturated carbocycles. The second-order valence-corrected chi connectivity index (χ2v) is 5.78. The Morgan fingerprint density at radius 3 is 2.25 bits per heavy atom. The summed E-state index contributed by atoms with van der Waals surface area (Å²) in [6.07, 6.45) is 0. The Morgan fingerprint density at radius 2 is 1.81 bits per heavy atom. The molecule has 0 heterocycles. The minimum atomic E-state index is -2.45. The third-order valence-corrected chi connectivity index (χ3v) is 2.46. The molecular formula is C9H11Cl2FN2OS. The zero-order chi connectivity index (χ0) is 12.2. The molecule has 0 bridgehead atoms. The van der Waals surface area contributed by atoms with Crippen LogP contribution < -0.4 is 4.47 Å². The number of para-hydroxylation sites is 1. The number of halogens is 3. The average Bonchev–Trinajstić information content (AvgIpc) is 2.15. The Balaban J connectivity index is 2.80. The topological polar surface area (TPSA) is 15.7 Å². The lowest BCUT2D eigenvalue weighted by molar-refractivity contribution is -0.110. The lowest BCUT2D eigenvalue weighted by Gasteiger charge is -2.26. The molecule has 16 heavy (non-hydrogen) atoms. The average molecular weight is 285 g/mol. The zero-order valence-electron chi connectivity index (χ0n) is 8.73. The number of rotatable bonds is 5. The van der Waals surface area contributed by atoms with Crippen LogP contribution in [0.2, 0.25) is 0 Å². The second-order valence-electron chi connectivity index (χ2n) is 3.02. The van der Waals surface area contributed by atoms with Gasteiger partial charge >= 0.3 is 3.92 Å². The van der Waals surface area contributed by atoms with Crippen molar-refractivity contribution in [2.45, 2.75) is 3.92 Å². The van der Waals surface area contributed by atoms with Gasteiger partial charge in [-0.25, -0.2) is 0 Å². The first-order valence-electron chi connectivity index (χ1n) is 4.35. The molecule has 0 spiro atoms. The van der Waals surface area contributed by atoms with E-state index in [0.29, 0.717) is 17.6 Å². The summed E-state index contributed by atoms with van der Waals surface area (Å²) in [5, 5.41) is 1.40. The first-order valence-corrected chi connectivity index (χ1v) is 5.88. The summed E-state index contributed by atoms with van der Waals surface area (Å²) in [6, 6.07) is 8.92. The zero-order valence-corrected chi connectivity index (χ0v) is 11.1. The molecule has 0 N–H and O–H groups in total. The molecule has 1 aromatic carbocycles. The highest BCUT2D eigenvalue weighted by Crippen LogP contribution is 2.40. The van der Waals surface area contributed by atoms with Gasteiger partial charge in [0.15, 0.2) is 0 Å². The fraction of sp³-hybridized carbons (Fsp3) is 0.333. The van der Waals surface area contributed by atoms with E-state index < -0.39 is 3.92 Å². The maximum atomic E-state index is 13.1. The first-order chi connectivity index (χ1) is 7.38. The molecule has 90 valence electrons. The maximum Gasteiger partial charge on any atom is 0.325 e. The van der Waals surface area contributed by atoms with Crippen LogP contribution >= 0.6 is 35.1 Å². The van der Waals surface area contributed by atoms with Crippen molar-refractivity contribution in [1.29, 1.82) is 0 Å². The summed E-state index contributed by atoms with van der Waals surface area (Å²) in [7, 11) is 3.33. The Kier molecular flexibility index (Phi) is 5.14. The van der Waals surface area contributed by atoms with Gasteiger partial charge in [0, 0.05) is 14.1 Å². The van der Waals surface area contributed by atoms with Crippen LogP contribution in [-0.2, 0) is 4.94 Å². The number of nitrogens with zero attached hydrogens (tertiary/aromatic N) is 2. The summed E-state index contributed by atoms with van der Waals surface area (Å²) in [6.45, 7) is 0. The summed E-state index contributed by atoms with van der Waals surface area (Å²) >= 11 is 11.1. The fourth-order valence-electron chi connectivity index (χ4n) is 0.909. The van der Waals surface area contributed by atoms with Crippen LogP contribution in [0.3, 0.4) is 0 Å². The quantitative estimate of drug-likeness (QED) is 0.466. The minimum Gasteiger partial charge on any atom is -0.193 e. The molecule has 0 radical (unpaired) electrons. The molecule has 0 amide bonds. The van der Waals surface area contributed by atoms with Crippen LogP contribution in [0.15, 0.2) is 30.3 Å². The highest BCUT2D eigenvalue weighted by atomic mass is 35.5. The van der Waals surface area contributed by atoms with E-state index in [4.69, 9.17) is 28.1 Å². The Labute approximate surface area is 108 Å². The van der Waals surface area contributed by atoms with E-state index >= 15 is 0 Å². The molecule has 0 unspecified atom stereocenters. The SMILES string of the molecule is CN(C)ON(SC(F)(Cl)Cl)c1ccccc1. The molecule has 0 aromatic heterocycles. The minimum absolute atomic E-state index is 0.517. The van der Waals surface area contributed by atoms with Gasteiger partial charge in [-0.3, -0.25) is 0 Å². The Hall–Kier alpha value is -0.200. The van der Waals surface area contributed by atoms with E-state index in [-0.39, 0.29) is 0 Å². The summed E-state index contributed by atoms with van der Waals surface area (Å²) in [4.78, 5) is 5.23. The van der Waals surface area contributed by atoms with Crippen molar-refractivity contribution >= 4 is 40.8 Å². The fourth-order valence-corrected chi connectivity index (χ4v) is 1.87. The van der Waals surface area contributed by atoms with Crippen LogP contribution in [0, 0.1) is 0 Å². The van der Waals surface area contributed by atoms with Crippen molar-refractivity contribution in [1.82, 2.24) is 5.06 Å². The maximum absolute atomic E-state index is 13.1. The number of anilines is 1. The third kappa shape index (κ3) is 5.23. The van der Waals surface area contributed by atoms with Gasteiger partial charge in [-0.15, -0.1) is 0 Å². The standard InChI is InChI=1S/C9H11Cl2FN2OS/c1-13(2)15-14(16-9(10,11)12)8-6-4-3-5-7-8/h3-7H,1-2H3. The molecule has 7 heteroatoms. The number of hydrogen-bond acceptors (Lipinski definition) is 4.